The standard InChI is InChI=1S/C11H14N4O/c1-8-2-4-9(5-3-8)16-7-6-10-13-11(12)15-14-10/h2-5H,6-7H2,1H3,(H3,12,13,14,15). The third-order valence-corrected chi connectivity index (χ3v) is 2.18. The number of aryl methyl sites for hydroxylation is 1. The molecule has 0 atom stereocenters. The minimum absolute atomic E-state index is 0.269. The summed E-state index contributed by atoms with van der Waals surface area (Å²) in [6, 6.07) is 7.93. The molecule has 16 heavy (non-hydrogen) atoms. The summed E-state index contributed by atoms with van der Waals surface area (Å²) in [6.45, 7) is 2.60. The first-order chi connectivity index (χ1) is 7.74. The summed E-state index contributed by atoms with van der Waals surface area (Å²) in [7, 11) is 0. The molecule has 0 aliphatic heterocycles. The maximum atomic E-state index is 5.55. The van der Waals surface area contributed by atoms with Crippen molar-refractivity contribution in [2.45, 2.75) is 13.3 Å². The van der Waals surface area contributed by atoms with E-state index in [2.05, 4.69) is 15.2 Å². The number of aromatic nitrogens is 3. The summed E-state index contributed by atoms with van der Waals surface area (Å²) in [5, 5.41) is 6.47. The Morgan fingerprint density at radius 2 is 2.06 bits per heavy atom. The Kier molecular flexibility index (Phi) is 3.05. The van der Waals surface area contributed by atoms with Crippen molar-refractivity contribution >= 4 is 5.95 Å². The molecule has 0 amide bonds. The van der Waals surface area contributed by atoms with Crippen LogP contribution in [-0.4, -0.2) is 21.8 Å². The van der Waals surface area contributed by atoms with Gasteiger partial charge in [0.15, 0.2) is 0 Å². The lowest BCUT2D eigenvalue weighted by Gasteiger charge is -2.04. The van der Waals surface area contributed by atoms with Crippen molar-refractivity contribution in [3.05, 3.63) is 35.7 Å². The first-order valence-electron chi connectivity index (χ1n) is 5.10. The minimum Gasteiger partial charge on any atom is -0.493 e. The van der Waals surface area contributed by atoms with Gasteiger partial charge >= 0.3 is 0 Å². The van der Waals surface area contributed by atoms with E-state index >= 15 is 0 Å². The molecule has 0 bridgehead atoms. The van der Waals surface area contributed by atoms with Gasteiger partial charge in [0.1, 0.15) is 11.6 Å². The summed E-state index contributed by atoms with van der Waals surface area (Å²) in [6.07, 6.45) is 0.665. The predicted octanol–water partition coefficient (Wildman–Crippen LogP) is 1.32. The minimum atomic E-state index is 0.269. The number of anilines is 1. The molecule has 0 spiro atoms. The summed E-state index contributed by atoms with van der Waals surface area (Å²) in [5.74, 6) is 1.87. The van der Waals surface area contributed by atoms with Crippen molar-refractivity contribution in [1.82, 2.24) is 15.2 Å². The van der Waals surface area contributed by atoms with Gasteiger partial charge in [-0.2, -0.15) is 4.98 Å². The second-order valence-electron chi connectivity index (χ2n) is 3.55. The van der Waals surface area contributed by atoms with Crippen LogP contribution in [0.25, 0.3) is 0 Å². The molecular weight excluding hydrogens is 204 g/mol. The van der Waals surface area contributed by atoms with Crippen LogP contribution in [0, 0.1) is 6.92 Å². The SMILES string of the molecule is Cc1ccc(OCCc2nc(N)n[nH]2)cc1. The number of hydrogen-bond acceptors (Lipinski definition) is 4. The van der Waals surface area contributed by atoms with Gasteiger partial charge in [-0.05, 0) is 19.1 Å². The van der Waals surface area contributed by atoms with Crippen molar-refractivity contribution in [2.75, 3.05) is 12.3 Å². The molecular formula is C11H14N4O. The number of nitrogen functional groups attached to an aromatic ring is 1. The average molecular weight is 218 g/mol. The lowest BCUT2D eigenvalue weighted by Crippen LogP contribution is -2.02. The molecule has 2 rings (SSSR count). The van der Waals surface area contributed by atoms with E-state index in [9.17, 15) is 0 Å². The highest BCUT2D eigenvalue weighted by Crippen LogP contribution is 2.11. The smallest absolute Gasteiger partial charge is 0.239 e. The van der Waals surface area contributed by atoms with Gasteiger partial charge in [0.25, 0.3) is 0 Å². The Labute approximate surface area is 93.7 Å². The summed E-state index contributed by atoms with van der Waals surface area (Å²) in [5.41, 5.74) is 6.60. The number of nitrogens with one attached hydrogen (secondary N) is 1. The van der Waals surface area contributed by atoms with E-state index in [4.69, 9.17) is 10.5 Å². The highest BCUT2D eigenvalue weighted by Gasteiger charge is 1.99. The first kappa shape index (κ1) is 10.5. The Morgan fingerprint density at radius 1 is 1.31 bits per heavy atom. The van der Waals surface area contributed by atoms with Gasteiger partial charge in [0.05, 0.1) is 6.61 Å². The maximum absolute atomic E-state index is 5.55. The molecule has 0 saturated heterocycles. The number of hydrogen-bond donors (Lipinski definition) is 2. The zero-order chi connectivity index (χ0) is 11.4. The summed E-state index contributed by atoms with van der Waals surface area (Å²) in [4.78, 5) is 3.99. The van der Waals surface area contributed by atoms with Crippen LogP contribution < -0.4 is 10.5 Å². The summed E-state index contributed by atoms with van der Waals surface area (Å²) >= 11 is 0. The van der Waals surface area contributed by atoms with Crippen LogP contribution in [0.3, 0.4) is 0 Å². The normalized spacial score (nSPS) is 10.3. The number of nitrogens with two attached hydrogens (primary N) is 1. The molecule has 0 unspecified atom stereocenters. The van der Waals surface area contributed by atoms with Gasteiger partial charge in [0.2, 0.25) is 5.95 Å². The third kappa shape index (κ3) is 2.73. The molecule has 0 aliphatic carbocycles. The van der Waals surface area contributed by atoms with Gasteiger partial charge in [0, 0.05) is 6.42 Å². The van der Waals surface area contributed by atoms with Gasteiger partial charge in [-0.3, -0.25) is 5.10 Å². The Morgan fingerprint density at radius 3 is 2.69 bits per heavy atom. The van der Waals surface area contributed by atoms with Crippen LogP contribution in [0.1, 0.15) is 11.4 Å². The molecule has 1 aromatic carbocycles. The molecule has 5 heteroatoms. The predicted molar refractivity (Wildman–Crippen MR) is 61.2 cm³/mol. The van der Waals surface area contributed by atoms with E-state index < -0.39 is 0 Å². The second kappa shape index (κ2) is 4.65. The fourth-order valence-electron chi connectivity index (χ4n) is 1.32. The molecule has 3 N–H and O–H groups in total. The maximum Gasteiger partial charge on any atom is 0.239 e. The largest absolute Gasteiger partial charge is 0.493 e. The molecule has 0 aliphatic rings. The number of benzene rings is 1. The Bertz CT molecular complexity index is 449. The van der Waals surface area contributed by atoms with Crippen LogP contribution in [0.2, 0.25) is 0 Å². The van der Waals surface area contributed by atoms with Crippen molar-refractivity contribution in [3.63, 3.8) is 0 Å². The number of rotatable bonds is 4. The van der Waals surface area contributed by atoms with Crippen molar-refractivity contribution < 1.29 is 4.74 Å². The first-order valence-corrected chi connectivity index (χ1v) is 5.10. The molecule has 0 fully saturated rings. The molecule has 0 radical (unpaired) electrons. The average Bonchev–Trinajstić information content (AvgIpc) is 2.67. The molecule has 0 saturated carbocycles. The van der Waals surface area contributed by atoms with Crippen molar-refractivity contribution in [2.24, 2.45) is 0 Å². The summed E-state index contributed by atoms with van der Waals surface area (Å²) < 4.78 is 5.55. The zero-order valence-electron chi connectivity index (χ0n) is 9.10. The lowest BCUT2D eigenvalue weighted by atomic mass is 10.2. The molecule has 84 valence electrons. The third-order valence-electron chi connectivity index (χ3n) is 2.18. The van der Waals surface area contributed by atoms with Gasteiger partial charge in [-0.25, -0.2) is 0 Å². The number of aromatic amines is 1. The zero-order valence-corrected chi connectivity index (χ0v) is 9.10. The van der Waals surface area contributed by atoms with Gasteiger partial charge in [-0.1, -0.05) is 17.7 Å². The highest BCUT2D eigenvalue weighted by atomic mass is 16.5. The fourth-order valence-corrected chi connectivity index (χ4v) is 1.32. The molecule has 5 nitrogen and oxygen atoms in total. The second-order valence-corrected chi connectivity index (χ2v) is 3.55. The Hall–Kier alpha value is -2.04. The van der Waals surface area contributed by atoms with Crippen molar-refractivity contribution in [3.8, 4) is 5.75 Å². The number of nitrogens with zero attached hydrogens (tertiary/aromatic N) is 2. The lowest BCUT2D eigenvalue weighted by molar-refractivity contribution is 0.319. The van der Waals surface area contributed by atoms with Crippen LogP contribution in [0.5, 0.6) is 5.75 Å². The molecule has 1 heterocycles. The van der Waals surface area contributed by atoms with Crippen molar-refractivity contribution in [1.29, 1.82) is 0 Å². The monoisotopic (exact) mass is 218 g/mol. The van der Waals surface area contributed by atoms with Gasteiger partial charge < -0.3 is 10.5 Å². The number of H-pyrrole nitrogens is 1. The van der Waals surface area contributed by atoms with E-state index in [-0.39, 0.29) is 5.95 Å². The molecule has 2 aromatic rings. The van der Waals surface area contributed by atoms with Gasteiger partial charge in [-0.15, -0.1) is 5.10 Å². The fraction of sp³-hybridized carbons (Fsp3) is 0.273. The topological polar surface area (TPSA) is 76.8 Å². The van der Waals surface area contributed by atoms with Crippen LogP contribution >= 0.6 is 0 Å². The Balaban J connectivity index is 1.82. The van der Waals surface area contributed by atoms with E-state index in [1.54, 1.807) is 0 Å². The van der Waals surface area contributed by atoms with E-state index in [1.807, 2.05) is 31.2 Å². The van der Waals surface area contributed by atoms with Crippen LogP contribution in [0.4, 0.5) is 5.95 Å². The number of ether oxygens (including phenoxy) is 1. The van der Waals surface area contributed by atoms with E-state index in [0.717, 1.165) is 11.6 Å². The van der Waals surface area contributed by atoms with Crippen LogP contribution in [0.15, 0.2) is 24.3 Å². The quantitative estimate of drug-likeness (QED) is 0.811. The van der Waals surface area contributed by atoms with Crippen LogP contribution in [-0.2, 0) is 6.42 Å². The highest BCUT2D eigenvalue weighted by molar-refractivity contribution is 5.26. The van der Waals surface area contributed by atoms with E-state index in [0.29, 0.717) is 13.0 Å². The van der Waals surface area contributed by atoms with E-state index in [1.165, 1.54) is 5.56 Å². The molecule has 1 aromatic heterocycles.